The number of para-hydroxylation sites is 1. The van der Waals surface area contributed by atoms with E-state index in [-0.39, 0.29) is 16.9 Å². The number of nitro groups is 1. The Labute approximate surface area is 153 Å². The number of carbonyl (C=O) groups is 2. The molecular formula is C18H15FN4O4. The number of rotatable bonds is 4. The highest BCUT2D eigenvalue weighted by Crippen LogP contribution is 2.29. The van der Waals surface area contributed by atoms with Crippen molar-refractivity contribution in [3.63, 3.8) is 0 Å². The molecule has 1 aliphatic heterocycles. The Bertz CT molecular complexity index is 956. The molecule has 27 heavy (non-hydrogen) atoms. The minimum atomic E-state index is -0.841. The number of nitrogens with one attached hydrogen (secondary N) is 3. The molecule has 0 aromatic heterocycles. The Morgan fingerprint density at radius 2 is 1.85 bits per heavy atom. The van der Waals surface area contributed by atoms with Gasteiger partial charge in [0.05, 0.1) is 22.2 Å². The van der Waals surface area contributed by atoms with Gasteiger partial charge in [-0.15, -0.1) is 0 Å². The van der Waals surface area contributed by atoms with Crippen molar-refractivity contribution in [3.8, 4) is 0 Å². The van der Waals surface area contributed by atoms with E-state index >= 15 is 0 Å². The summed E-state index contributed by atoms with van der Waals surface area (Å²) in [6.07, 6.45) is 0. The number of carbonyl (C=O) groups excluding carboxylic acids is 2. The molecule has 0 unspecified atom stereocenters. The molecule has 1 atom stereocenters. The van der Waals surface area contributed by atoms with Crippen LogP contribution in [0.3, 0.4) is 0 Å². The molecule has 3 rings (SSSR count). The third-order valence-corrected chi connectivity index (χ3v) is 4.07. The lowest BCUT2D eigenvalue weighted by atomic mass is 9.94. The van der Waals surface area contributed by atoms with Gasteiger partial charge in [-0.1, -0.05) is 12.1 Å². The van der Waals surface area contributed by atoms with Gasteiger partial charge in [0.15, 0.2) is 0 Å². The van der Waals surface area contributed by atoms with Crippen LogP contribution in [0.15, 0.2) is 59.8 Å². The van der Waals surface area contributed by atoms with Crippen molar-refractivity contribution in [2.24, 2.45) is 0 Å². The second-order valence-corrected chi connectivity index (χ2v) is 5.85. The minimum absolute atomic E-state index is 0.00199. The number of anilines is 1. The van der Waals surface area contributed by atoms with Crippen molar-refractivity contribution in [2.45, 2.75) is 13.0 Å². The lowest BCUT2D eigenvalue weighted by Gasteiger charge is -2.28. The third kappa shape index (κ3) is 3.76. The fourth-order valence-corrected chi connectivity index (χ4v) is 2.79. The van der Waals surface area contributed by atoms with Crippen molar-refractivity contribution in [1.82, 2.24) is 10.6 Å². The summed E-state index contributed by atoms with van der Waals surface area (Å²) in [4.78, 5) is 34.9. The lowest BCUT2D eigenvalue weighted by molar-refractivity contribution is -0.384. The number of hydrogen-bond donors (Lipinski definition) is 3. The number of allylic oxidation sites excluding steroid dienone is 1. The number of amides is 3. The van der Waals surface area contributed by atoms with Crippen LogP contribution in [0.4, 0.5) is 20.6 Å². The van der Waals surface area contributed by atoms with Gasteiger partial charge in [0.25, 0.3) is 11.6 Å². The zero-order valence-corrected chi connectivity index (χ0v) is 14.2. The average Bonchev–Trinajstić information content (AvgIpc) is 2.63. The maximum absolute atomic E-state index is 13.8. The fraction of sp³-hybridized carbons (Fsp3) is 0.111. The van der Waals surface area contributed by atoms with Gasteiger partial charge in [-0.3, -0.25) is 14.9 Å². The van der Waals surface area contributed by atoms with E-state index < -0.39 is 28.7 Å². The molecule has 0 spiro atoms. The number of non-ortho nitro benzene ring substituents is 1. The van der Waals surface area contributed by atoms with Gasteiger partial charge >= 0.3 is 6.03 Å². The van der Waals surface area contributed by atoms with Crippen LogP contribution in [0, 0.1) is 15.9 Å². The number of hydrogen-bond acceptors (Lipinski definition) is 4. The second-order valence-electron chi connectivity index (χ2n) is 5.85. The Morgan fingerprint density at radius 3 is 2.48 bits per heavy atom. The number of benzene rings is 2. The van der Waals surface area contributed by atoms with Crippen molar-refractivity contribution in [2.75, 3.05) is 5.32 Å². The van der Waals surface area contributed by atoms with E-state index in [0.29, 0.717) is 11.3 Å². The number of urea groups is 1. The molecule has 138 valence electrons. The topological polar surface area (TPSA) is 113 Å². The maximum Gasteiger partial charge on any atom is 0.319 e. The van der Waals surface area contributed by atoms with Crippen molar-refractivity contribution in [3.05, 3.63) is 81.3 Å². The number of nitro benzene ring substituents is 1. The molecule has 2 aromatic carbocycles. The van der Waals surface area contributed by atoms with Gasteiger partial charge in [-0.25, -0.2) is 9.18 Å². The summed E-state index contributed by atoms with van der Waals surface area (Å²) in [5.41, 5.74) is 0.843. The SMILES string of the molecule is CC1=C(C(=O)Nc2ccccc2F)[C@@H](c2ccc([N+](=O)[O-])cc2)NC(=O)N1. The smallest absolute Gasteiger partial charge is 0.319 e. The maximum atomic E-state index is 13.8. The average molecular weight is 370 g/mol. The van der Waals surface area contributed by atoms with Crippen molar-refractivity contribution in [1.29, 1.82) is 0 Å². The third-order valence-electron chi connectivity index (χ3n) is 4.07. The lowest BCUT2D eigenvalue weighted by Crippen LogP contribution is -2.46. The van der Waals surface area contributed by atoms with Crippen LogP contribution in [0.1, 0.15) is 18.5 Å². The van der Waals surface area contributed by atoms with E-state index in [2.05, 4.69) is 16.0 Å². The predicted octanol–water partition coefficient (Wildman–Crippen LogP) is 3.00. The number of halogens is 1. The van der Waals surface area contributed by atoms with Crippen LogP contribution < -0.4 is 16.0 Å². The first-order valence-electron chi connectivity index (χ1n) is 7.95. The summed E-state index contributed by atoms with van der Waals surface area (Å²) >= 11 is 0. The molecular weight excluding hydrogens is 355 g/mol. The molecule has 1 aliphatic rings. The first kappa shape index (κ1) is 18.1. The van der Waals surface area contributed by atoms with Gasteiger partial charge < -0.3 is 16.0 Å². The fourth-order valence-electron chi connectivity index (χ4n) is 2.79. The highest BCUT2D eigenvalue weighted by Gasteiger charge is 2.31. The summed E-state index contributed by atoms with van der Waals surface area (Å²) < 4.78 is 13.8. The molecule has 0 radical (unpaired) electrons. The van der Waals surface area contributed by atoms with Gasteiger partial charge in [0.2, 0.25) is 0 Å². The summed E-state index contributed by atoms with van der Waals surface area (Å²) in [5, 5.41) is 18.4. The molecule has 0 bridgehead atoms. The molecule has 2 aromatic rings. The standard InChI is InChI=1S/C18H15FN4O4/c1-10-15(17(24)21-14-5-3-2-4-13(14)19)16(22-18(25)20-10)11-6-8-12(9-7-11)23(26)27/h2-9,16H,1H3,(H,21,24)(H2,20,22,25)/t16-/m1/s1. The molecule has 9 heteroatoms. The van der Waals surface area contributed by atoms with Crippen LogP contribution in [0.25, 0.3) is 0 Å². The molecule has 0 aliphatic carbocycles. The Balaban J connectivity index is 1.95. The molecule has 1 heterocycles. The Kier molecular flexibility index (Phi) is 4.84. The number of nitrogens with zero attached hydrogens (tertiary/aromatic N) is 1. The molecule has 0 fully saturated rings. The van der Waals surface area contributed by atoms with Crippen molar-refractivity contribution < 1.29 is 18.9 Å². The molecule has 3 N–H and O–H groups in total. The first-order chi connectivity index (χ1) is 12.9. The van der Waals surface area contributed by atoms with E-state index in [1.54, 1.807) is 13.0 Å². The second kappa shape index (κ2) is 7.24. The largest absolute Gasteiger partial charge is 0.327 e. The van der Waals surface area contributed by atoms with E-state index in [1.165, 1.54) is 42.5 Å². The summed E-state index contributed by atoms with van der Waals surface area (Å²) in [6.45, 7) is 1.55. The van der Waals surface area contributed by atoms with Crippen LogP contribution in [-0.2, 0) is 4.79 Å². The van der Waals surface area contributed by atoms with Gasteiger partial charge in [0, 0.05) is 17.8 Å². The first-order valence-corrected chi connectivity index (χ1v) is 7.95. The van der Waals surface area contributed by atoms with E-state index in [1.807, 2.05) is 0 Å². The van der Waals surface area contributed by atoms with Crippen LogP contribution in [0.5, 0.6) is 0 Å². The molecule has 0 saturated carbocycles. The van der Waals surface area contributed by atoms with Crippen LogP contribution in [-0.4, -0.2) is 16.9 Å². The van der Waals surface area contributed by atoms with Gasteiger partial charge in [-0.05, 0) is 36.8 Å². The van der Waals surface area contributed by atoms with E-state index in [4.69, 9.17) is 0 Å². The quantitative estimate of drug-likeness (QED) is 0.567. The summed E-state index contributed by atoms with van der Waals surface area (Å²) in [7, 11) is 0. The van der Waals surface area contributed by atoms with Gasteiger partial charge in [-0.2, -0.15) is 0 Å². The van der Waals surface area contributed by atoms with Crippen LogP contribution in [0.2, 0.25) is 0 Å². The van der Waals surface area contributed by atoms with Gasteiger partial charge in [0.1, 0.15) is 5.82 Å². The molecule has 8 nitrogen and oxygen atoms in total. The normalized spacial score (nSPS) is 16.4. The Hall–Kier alpha value is -3.75. The minimum Gasteiger partial charge on any atom is -0.327 e. The molecule has 0 saturated heterocycles. The predicted molar refractivity (Wildman–Crippen MR) is 95.2 cm³/mol. The van der Waals surface area contributed by atoms with Crippen molar-refractivity contribution >= 4 is 23.3 Å². The van der Waals surface area contributed by atoms with E-state index in [0.717, 1.165) is 0 Å². The highest BCUT2D eigenvalue weighted by atomic mass is 19.1. The highest BCUT2D eigenvalue weighted by molar-refractivity contribution is 6.06. The van der Waals surface area contributed by atoms with Crippen LogP contribution >= 0.6 is 0 Å². The monoisotopic (exact) mass is 370 g/mol. The zero-order valence-electron chi connectivity index (χ0n) is 14.2. The summed E-state index contributed by atoms with van der Waals surface area (Å²) in [6, 6.07) is 9.83. The zero-order chi connectivity index (χ0) is 19.6. The Morgan fingerprint density at radius 1 is 1.19 bits per heavy atom. The van der Waals surface area contributed by atoms with E-state index in [9.17, 15) is 24.1 Å². The molecule has 3 amide bonds. The summed E-state index contributed by atoms with van der Waals surface area (Å²) in [5.74, 6) is -1.20.